The zero-order valence-electron chi connectivity index (χ0n) is 20.6. The van der Waals surface area contributed by atoms with Crippen molar-refractivity contribution in [1.82, 2.24) is 19.6 Å². The molecule has 0 amide bonds. The summed E-state index contributed by atoms with van der Waals surface area (Å²) in [6, 6.07) is 16.1. The quantitative estimate of drug-likeness (QED) is 0.446. The molecule has 0 bridgehead atoms. The molecule has 1 fully saturated rings. The predicted molar refractivity (Wildman–Crippen MR) is 134 cm³/mol. The van der Waals surface area contributed by atoms with E-state index in [4.69, 9.17) is 14.6 Å². The van der Waals surface area contributed by atoms with Crippen LogP contribution in [0, 0.1) is 12.7 Å². The summed E-state index contributed by atoms with van der Waals surface area (Å²) in [5.74, 6) is 0.214. The third-order valence-electron chi connectivity index (χ3n) is 6.14. The third-order valence-corrected chi connectivity index (χ3v) is 6.14. The van der Waals surface area contributed by atoms with Crippen LogP contribution in [0.2, 0.25) is 0 Å². The summed E-state index contributed by atoms with van der Waals surface area (Å²) >= 11 is 0. The first-order valence-corrected chi connectivity index (χ1v) is 12.3. The normalized spacial score (nSPS) is 15.5. The summed E-state index contributed by atoms with van der Waals surface area (Å²) in [5.41, 5.74) is 2.52. The lowest BCUT2D eigenvalue weighted by molar-refractivity contribution is 0.00622. The van der Waals surface area contributed by atoms with E-state index in [1.807, 2.05) is 37.3 Å². The molecule has 4 rings (SSSR count). The van der Waals surface area contributed by atoms with Gasteiger partial charge in [-0.25, -0.2) is 9.07 Å². The fourth-order valence-electron chi connectivity index (χ4n) is 4.41. The number of aliphatic hydroxyl groups is 1. The highest BCUT2D eigenvalue weighted by Gasteiger charge is 2.24. The summed E-state index contributed by atoms with van der Waals surface area (Å²) in [6.07, 6.45) is 0.458. The number of β-amino-alcohol motifs (C(OH)–C–C–N with tert-alkyl or cyclic N) is 1. The van der Waals surface area contributed by atoms with Crippen LogP contribution in [0.15, 0.2) is 54.6 Å². The molecule has 0 spiro atoms. The SMILES string of the molecule is CCCN(Cc1c(C)nn(-c2ccccc2)c1Oc1ccccc1F)C[C@@H](O)CN1CCOCC1. The van der Waals surface area contributed by atoms with Gasteiger partial charge in [0.1, 0.15) is 0 Å². The number of hydrogen-bond donors (Lipinski definition) is 1. The van der Waals surface area contributed by atoms with E-state index in [9.17, 15) is 9.50 Å². The van der Waals surface area contributed by atoms with E-state index in [0.29, 0.717) is 38.7 Å². The van der Waals surface area contributed by atoms with Crippen LogP contribution in [-0.4, -0.2) is 76.7 Å². The van der Waals surface area contributed by atoms with Crippen LogP contribution in [-0.2, 0) is 11.3 Å². The second-order valence-electron chi connectivity index (χ2n) is 8.95. The van der Waals surface area contributed by atoms with Gasteiger partial charge in [-0.15, -0.1) is 0 Å². The molecule has 2 heterocycles. The first kappa shape index (κ1) is 25.3. The molecule has 1 N–H and O–H groups in total. The molecule has 0 aliphatic carbocycles. The Morgan fingerprint density at radius 1 is 1.11 bits per heavy atom. The molecular formula is C27H35FN4O3. The lowest BCUT2D eigenvalue weighted by Gasteiger charge is -2.31. The zero-order chi connectivity index (χ0) is 24.6. The van der Waals surface area contributed by atoms with Gasteiger partial charge in [-0.05, 0) is 44.2 Å². The lowest BCUT2D eigenvalue weighted by Crippen LogP contribution is -2.44. The molecular weight excluding hydrogens is 447 g/mol. The van der Waals surface area contributed by atoms with Crippen molar-refractivity contribution in [2.75, 3.05) is 45.9 Å². The van der Waals surface area contributed by atoms with Crippen molar-refractivity contribution in [3.8, 4) is 17.3 Å². The van der Waals surface area contributed by atoms with E-state index in [2.05, 4.69) is 16.7 Å². The summed E-state index contributed by atoms with van der Waals surface area (Å²) in [7, 11) is 0. The Morgan fingerprint density at radius 2 is 1.83 bits per heavy atom. The number of ether oxygens (including phenoxy) is 2. The van der Waals surface area contributed by atoms with Crippen LogP contribution in [0.4, 0.5) is 4.39 Å². The maximum Gasteiger partial charge on any atom is 0.227 e. The fraction of sp³-hybridized carbons (Fsp3) is 0.444. The number of halogens is 1. The molecule has 3 aromatic rings. The first-order chi connectivity index (χ1) is 17.0. The molecule has 188 valence electrons. The molecule has 35 heavy (non-hydrogen) atoms. The third kappa shape index (κ3) is 6.67. The van der Waals surface area contributed by atoms with Crippen LogP contribution in [0.1, 0.15) is 24.6 Å². The van der Waals surface area contributed by atoms with Gasteiger partial charge < -0.3 is 14.6 Å². The summed E-state index contributed by atoms with van der Waals surface area (Å²) < 4.78 is 27.8. The van der Waals surface area contributed by atoms with Crippen molar-refractivity contribution in [2.45, 2.75) is 32.9 Å². The fourth-order valence-corrected chi connectivity index (χ4v) is 4.41. The molecule has 1 aliphatic rings. The van der Waals surface area contributed by atoms with Crippen LogP contribution < -0.4 is 4.74 Å². The number of morpholine rings is 1. The van der Waals surface area contributed by atoms with Gasteiger partial charge >= 0.3 is 0 Å². The monoisotopic (exact) mass is 482 g/mol. The summed E-state index contributed by atoms with van der Waals surface area (Å²) in [5, 5.41) is 15.6. The highest BCUT2D eigenvalue weighted by atomic mass is 19.1. The Bertz CT molecular complexity index is 1070. The second-order valence-corrected chi connectivity index (χ2v) is 8.95. The number of aromatic nitrogens is 2. The molecule has 1 aromatic heterocycles. The minimum Gasteiger partial charge on any atom is -0.435 e. The van der Waals surface area contributed by atoms with Gasteiger partial charge in [0, 0.05) is 32.7 Å². The smallest absolute Gasteiger partial charge is 0.227 e. The number of benzene rings is 2. The average Bonchev–Trinajstić information content (AvgIpc) is 3.16. The van der Waals surface area contributed by atoms with E-state index >= 15 is 0 Å². The molecule has 0 unspecified atom stereocenters. The second kappa shape index (κ2) is 12.3. The van der Waals surface area contributed by atoms with Gasteiger partial charge in [0.2, 0.25) is 5.88 Å². The van der Waals surface area contributed by atoms with E-state index in [1.165, 1.54) is 6.07 Å². The maximum atomic E-state index is 14.5. The number of hydrogen-bond acceptors (Lipinski definition) is 6. The first-order valence-electron chi connectivity index (χ1n) is 12.3. The number of nitrogens with zero attached hydrogens (tertiary/aromatic N) is 4. The number of para-hydroxylation sites is 2. The van der Waals surface area contributed by atoms with Crippen molar-refractivity contribution >= 4 is 0 Å². The van der Waals surface area contributed by atoms with E-state index in [0.717, 1.165) is 43.0 Å². The van der Waals surface area contributed by atoms with Gasteiger partial charge in [0.25, 0.3) is 0 Å². The zero-order valence-corrected chi connectivity index (χ0v) is 20.6. The van der Waals surface area contributed by atoms with Gasteiger partial charge in [-0.2, -0.15) is 5.10 Å². The van der Waals surface area contributed by atoms with Crippen molar-refractivity contribution in [2.24, 2.45) is 0 Å². The molecule has 2 aromatic carbocycles. The molecule has 0 saturated carbocycles. The van der Waals surface area contributed by atoms with E-state index < -0.39 is 11.9 Å². The largest absolute Gasteiger partial charge is 0.435 e. The predicted octanol–water partition coefficient (Wildman–Crippen LogP) is 4.02. The summed E-state index contributed by atoms with van der Waals surface area (Å²) in [6.45, 7) is 9.66. The topological polar surface area (TPSA) is 63.0 Å². The van der Waals surface area contributed by atoms with E-state index in [-0.39, 0.29) is 5.75 Å². The minimum absolute atomic E-state index is 0.153. The Kier molecular flexibility index (Phi) is 8.87. The number of rotatable bonds is 11. The molecule has 1 saturated heterocycles. The highest BCUT2D eigenvalue weighted by Crippen LogP contribution is 2.32. The Morgan fingerprint density at radius 3 is 2.54 bits per heavy atom. The summed E-state index contributed by atoms with van der Waals surface area (Å²) in [4.78, 5) is 4.46. The van der Waals surface area contributed by atoms with Gasteiger partial charge in [-0.1, -0.05) is 37.3 Å². The van der Waals surface area contributed by atoms with Crippen LogP contribution in [0.5, 0.6) is 11.6 Å². The van der Waals surface area contributed by atoms with Gasteiger partial charge in [-0.3, -0.25) is 9.80 Å². The molecule has 8 heteroatoms. The molecule has 7 nitrogen and oxygen atoms in total. The minimum atomic E-state index is -0.486. The van der Waals surface area contributed by atoms with Crippen molar-refractivity contribution in [1.29, 1.82) is 0 Å². The molecule has 1 atom stereocenters. The average molecular weight is 483 g/mol. The lowest BCUT2D eigenvalue weighted by atomic mass is 10.2. The van der Waals surface area contributed by atoms with Crippen molar-refractivity contribution < 1.29 is 19.0 Å². The van der Waals surface area contributed by atoms with Crippen LogP contribution in [0.3, 0.4) is 0 Å². The van der Waals surface area contributed by atoms with Crippen LogP contribution >= 0.6 is 0 Å². The Balaban J connectivity index is 1.60. The Labute approximate surface area is 206 Å². The number of aryl methyl sites for hydroxylation is 1. The molecule has 0 radical (unpaired) electrons. The Hall–Kier alpha value is -2.78. The number of aliphatic hydroxyl groups excluding tert-OH is 1. The van der Waals surface area contributed by atoms with Crippen molar-refractivity contribution in [3.05, 3.63) is 71.7 Å². The van der Waals surface area contributed by atoms with E-state index in [1.54, 1.807) is 22.9 Å². The maximum absolute atomic E-state index is 14.5. The van der Waals surface area contributed by atoms with Gasteiger partial charge in [0.15, 0.2) is 11.6 Å². The molecule has 1 aliphatic heterocycles. The highest BCUT2D eigenvalue weighted by molar-refractivity contribution is 5.43. The standard InChI is InChI=1S/C27H35FN4O3/c1-3-13-31(19-23(33)18-30-14-16-34-17-15-30)20-24-21(2)29-32(22-9-5-4-6-10-22)27(24)35-26-12-8-7-11-25(26)28/h4-12,23,33H,3,13-20H2,1-2H3/t23-/m0/s1. The van der Waals surface area contributed by atoms with Crippen LogP contribution in [0.25, 0.3) is 5.69 Å². The van der Waals surface area contributed by atoms with Gasteiger partial charge in [0.05, 0.1) is 36.3 Å². The van der Waals surface area contributed by atoms with Crippen molar-refractivity contribution in [3.63, 3.8) is 0 Å².